The van der Waals surface area contributed by atoms with Crippen molar-refractivity contribution < 1.29 is 4.52 Å². The summed E-state index contributed by atoms with van der Waals surface area (Å²) >= 11 is 3.33. The maximum Gasteiger partial charge on any atom is 0.154 e. The lowest BCUT2D eigenvalue weighted by Gasteiger charge is -2.16. The summed E-state index contributed by atoms with van der Waals surface area (Å²) in [5, 5.41) is 15.4. The molecule has 0 bridgehead atoms. The van der Waals surface area contributed by atoms with Crippen molar-refractivity contribution in [2.75, 3.05) is 5.75 Å². The van der Waals surface area contributed by atoms with Crippen LogP contribution in [0.2, 0.25) is 0 Å². The molecule has 2 aromatic heterocycles. The third-order valence-electron chi connectivity index (χ3n) is 3.94. The lowest BCUT2D eigenvalue weighted by atomic mass is 10.0. The fourth-order valence-corrected chi connectivity index (χ4v) is 4.42. The molecular formula is C20H20N4OS2. The minimum Gasteiger partial charge on any atom is -0.379 e. The standard InChI is InChI=1S/C15H13N3S2.C5H7NO/c16-8-10-2-1-3-11(6-10)12-7-14(20-9-12)13-4-5-19-15(17)18-13;1-4-3-5(2)7-6-4/h1-3,6-7,9,13H,4-5H2,(H2,17,18);3H,1-2H3. The van der Waals surface area contributed by atoms with E-state index in [0.717, 1.165) is 34.8 Å². The molecule has 0 fully saturated rings. The van der Waals surface area contributed by atoms with E-state index < -0.39 is 0 Å². The molecule has 2 N–H and O–H groups in total. The van der Waals surface area contributed by atoms with E-state index in [1.807, 2.05) is 44.2 Å². The van der Waals surface area contributed by atoms with Gasteiger partial charge in [0.1, 0.15) is 5.76 Å². The molecule has 3 heterocycles. The first-order valence-electron chi connectivity index (χ1n) is 8.50. The minimum atomic E-state index is 0.189. The topological polar surface area (TPSA) is 88.2 Å². The third-order valence-corrected chi connectivity index (χ3v) is 5.82. The van der Waals surface area contributed by atoms with Gasteiger partial charge < -0.3 is 10.3 Å². The summed E-state index contributed by atoms with van der Waals surface area (Å²) in [6.07, 6.45) is 1.03. The highest BCUT2D eigenvalue weighted by Crippen LogP contribution is 2.35. The number of hydrogen-bond donors (Lipinski definition) is 1. The van der Waals surface area contributed by atoms with Gasteiger partial charge in [-0.2, -0.15) is 5.26 Å². The fraction of sp³-hybridized carbons (Fsp3) is 0.250. The summed E-state index contributed by atoms with van der Waals surface area (Å²) in [4.78, 5) is 5.75. The van der Waals surface area contributed by atoms with Crippen LogP contribution in [0.15, 0.2) is 51.3 Å². The smallest absolute Gasteiger partial charge is 0.154 e. The molecule has 0 amide bonds. The number of hydrogen-bond acceptors (Lipinski definition) is 7. The van der Waals surface area contributed by atoms with E-state index in [9.17, 15) is 0 Å². The number of rotatable bonds is 2. The Morgan fingerprint density at radius 1 is 1.22 bits per heavy atom. The molecule has 0 radical (unpaired) electrons. The summed E-state index contributed by atoms with van der Waals surface area (Å²) in [6.45, 7) is 3.77. The summed E-state index contributed by atoms with van der Waals surface area (Å²) in [5.41, 5.74) is 9.65. The average Bonchev–Trinajstić information content (AvgIpc) is 3.31. The first-order chi connectivity index (χ1) is 13.0. The van der Waals surface area contributed by atoms with Gasteiger partial charge in [0.25, 0.3) is 0 Å². The molecule has 5 nitrogen and oxygen atoms in total. The predicted octanol–water partition coefficient (Wildman–Crippen LogP) is 5.07. The fourth-order valence-electron chi connectivity index (χ4n) is 2.67. The van der Waals surface area contributed by atoms with Crippen LogP contribution >= 0.6 is 23.1 Å². The van der Waals surface area contributed by atoms with Gasteiger partial charge in [0.15, 0.2) is 5.17 Å². The van der Waals surface area contributed by atoms with Crippen molar-refractivity contribution in [3.63, 3.8) is 0 Å². The quantitative estimate of drug-likeness (QED) is 0.653. The van der Waals surface area contributed by atoms with Crippen LogP contribution < -0.4 is 5.73 Å². The molecule has 1 aliphatic rings. The van der Waals surface area contributed by atoms with E-state index in [4.69, 9.17) is 15.5 Å². The molecule has 7 heteroatoms. The van der Waals surface area contributed by atoms with Crippen LogP contribution in [-0.4, -0.2) is 16.1 Å². The zero-order valence-corrected chi connectivity index (χ0v) is 16.8. The maximum absolute atomic E-state index is 8.97. The third kappa shape index (κ3) is 5.22. The Kier molecular flexibility index (Phi) is 6.32. The number of nitrogens with zero attached hydrogens (tertiary/aromatic N) is 3. The Balaban J connectivity index is 0.000000253. The number of thiophene rings is 1. The zero-order chi connectivity index (χ0) is 19.2. The van der Waals surface area contributed by atoms with Gasteiger partial charge in [-0.25, -0.2) is 0 Å². The number of amidine groups is 1. The first-order valence-corrected chi connectivity index (χ1v) is 10.4. The molecule has 1 aliphatic heterocycles. The lowest BCUT2D eigenvalue weighted by molar-refractivity contribution is 0.393. The van der Waals surface area contributed by atoms with Gasteiger partial charge in [0.05, 0.1) is 23.4 Å². The summed E-state index contributed by atoms with van der Waals surface area (Å²) in [7, 11) is 0. The number of benzene rings is 1. The number of thioether (sulfide) groups is 1. The van der Waals surface area contributed by atoms with Crippen molar-refractivity contribution in [1.82, 2.24) is 5.16 Å². The number of nitrogens with two attached hydrogens (primary N) is 1. The Bertz CT molecular complexity index is 967. The van der Waals surface area contributed by atoms with Crippen LogP contribution in [0.5, 0.6) is 0 Å². The van der Waals surface area contributed by atoms with Gasteiger partial charge in [-0.05, 0) is 55.0 Å². The first kappa shape index (κ1) is 19.2. The van der Waals surface area contributed by atoms with Gasteiger partial charge in [-0.15, -0.1) is 11.3 Å². The van der Waals surface area contributed by atoms with Crippen molar-refractivity contribution in [2.24, 2.45) is 10.7 Å². The van der Waals surface area contributed by atoms with Gasteiger partial charge in [0.2, 0.25) is 0 Å². The average molecular weight is 397 g/mol. The molecular weight excluding hydrogens is 376 g/mol. The molecule has 27 heavy (non-hydrogen) atoms. The molecule has 1 unspecified atom stereocenters. The van der Waals surface area contributed by atoms with Gasteiger partial charge in [-0.3, -0.25) is 4.99 Å². The highest BCUT2D eigenvalue weighted by molar-refractivity contribution is 8.13. The Morgan fingerprint density at radius 2 is 2.07 bits per heavy atom. The summed E-state index contributed by atoms with van der Waals surface area (Å²) in [5.74, 6) is 1.90. The van der Waals surface area contributed by atoms with Crippen LogP contribution in [0, 0.1) is 25.2 Å². The molecule has 0 saturated heterocycles. The highest BCUT2D eigenvalue weighted by atomic mass is 32.2. The highest BCUT2D eigenvalue weighted by Gasteiger charge is 2.18. The van der Waals surface area contributed by atoms with E-state index in [0.29, 0.717) is 10.7 Å². The van der Waals surface area contributed by atoms with Crippen LogP contribution in [0.1, 0.15) is 34.4 Å². The van der Waals surface area contributed by atoms with Crippen molar-refractivity contribution in [3.05, 3.63) is 63.7 Å². The van der Waals surface area contributed by atoms with Crippen LogP contribution in [0.4, 0.5) is 0 Å². The Hall–Kier alpha value is -2.56. The van der Waals surface area contributed by atoms with Gasteiger partial charge in [0, 0.05) is 16.7 Å². The van der Waals surface area contributed by atoms with Crippen LogP contribution in [0.25, 0.3) is 11.1 Å². The Morgan fingerprint density at radius 3 is 2.70 bits per heavy atom. The van der Waals surface area contributed by atoms with Crippen LogP contribution in [0.3, 0.4) is 0 Å². The second kappa shape index (κ2) is 8.89. The SMILES string of the molecule is Cc1cc(C)on1.N#Cc1cccc(-c2csc(C3CCSC(N)=N3)c2)c1. The van der Waals surface area contributed by atoms with E-state index >= 15 is 0 Å². The summed E-state index contributed by atoms with van der Waals surface area (Å²) in [6, 6.07) is 14.1. The van der Waals surface area contributed by atoms with Gasteiger partial charge in [-0.1, -0.05) is 29.1 Å². The second-order valence-corrected chi connectivity index (χ2v) is 8.19. The zero-order valence-electron chi connectivity index (χ0n) is 15.2. The van der Waals surface area contributed by atoms with E-state index in [1.165, 1.54) is 4.88 Å². The maximum atomic E-state index is 8.97. The second-order valence-electron chi connectivity index (χ2n) is 6.13. The molecule has 0 saturated carbocycles. The molecule has 0 aliphatic carbocycles. The van der Waals surface area contributed by atoms with Crippen LogP contribution in [-0.2, 0) is 0 Å². The molecule has 1 atom stereocenters. The largest absolute Gasteiger partial charge is 0.379 e. The van der Waals surface area contributed by atoms with E-state index in [1.54, 1.807) is 23.1 Å². The van der Waals surface area contributed by atoms with Crippen molar-refractivity contribution in [3.8, 4) is 17.2 Å². The molecule has 3 aromatic rings. The molecule has 0 spiro atoms. The number of aromatic nitrogens is 1. The lowest BCUT2D eigenvalue weighted by Crippen LogP contribution is -2.15. The molecule has 138 valence electrons. The summed E-state index contributed by atoms with van der Waals surface area (Å²) < 4.78 is 4.71. The van der Waals surface area contributed by atoms with E-state index in [-0.39, 0.29) is 6.04 Å². The Labute approximate surface area is 166 Å². The number of aryl methyl sites for hydroxylation is 2. The van der Waals surface area contributed by atoms with Crippen molar-refractivity contribution in [2.45, 2.75) is 26.3 Å². The van der Waals surface area contributed by atoms with Gasteiger partial charge >= 0.3 is 0 Å². The molecule has 1 aromatic carbocycles. The van der Waals surface area contributed by atoms with E-state index in [2.05, 4.69) is 27.7 Å². The predicted molar refractivity (Wildman–Crippen MR) is 112 cm³/mol. The molecule has 4 rings (SSSR count). The van der Waals surface area contributed by atoms with Crippen molar-refractivity contribution in [1.29, 1.82) is 5.26 Å². The minimum absolute atomic E-state index is 0.189. The normalized spacial score (nSPS) is 16.0. The monoisotopic (exact) mass is 396 g/mol. The number of aliphatic imine (C=N–C) groups is 1. The van der Waals surface area contributed by atoms with Crippen molar-refractivity contribution >= 4 is 28.3 Å². The number of nitriles is 1.